The van der Waals surface area contributed by atoms with Crippen LogP contribution in [0.5, 0.6) is 0 Å². The summed E-state index contributed by atoms with van der Waals surface area (Å²) < 4.78 is 31.6. The number of likely N-dealkylation sites (tertiary alicyclic amines) is 1. The first-order chi connectivity index (χ1) is 14.2. The topological polar surface area (TPSA) is 99.6 Å². The molecule has 1 fully saturated rings. The predicted octanol–water partition coefficient (Wildman–Crippen LogP) is 2.57. The fourth-order valence-electron chi connectivity index (χ4n) is 3.72. The Bertz CT molecular complexity index is 984. The number of anilines is 2. The van der Waals surface area contributed by atoms with Crippen LogP contribution in [-0.4, -0.2) is 55.3 Å². The number of aryl methyl sites for hydroxylation is 3. The number of hydrogen-bond donors (Lipinski definition) is 2. The molecule has 1 aliphatic heterocycles. The molecule has 0 aromatic carbocycles. The zero-order chi connectivity index (χ0) is 21.9. The van der Waals surface area contributed by atoms with Gasteiger partial charge in [-0.2, -0.15) is 13.5 Å². The Labute approximate surface area is 182 Å². The second-order valence-electron chi connectivity index (χ2n) is 7.56. The van der Waals surface area contributed by atoms with E-state index in [-0.39, 0.29) is 6.04 Å². The van der Waals surface area contributed by atoms with E-state index < -0.39 is 16.2 Å². The molecule has 11 heteroatoms. The lowest BCUT2D eigenvalue weighted by Gasteiger charge is -2.37. The summed E-state index contributed by atoms with van der Waals surface area (Å²) in [7, 11) is -0.428. The molecule has 9 nitrogen and oxygen atoms in total. The number of nitrogens with zero attached hydrogens (tertiary/aromatic N) is 4. The molecule has 166 valence electrons. The predicted molar refractivity (Wildman–Crippen MR) is 120 cm³/mol. The molecule has 1 unspecified atom stereocenters. The number of amides is 2. The van der Waals surface area contributed by atoms with Crippen LogP contribution >= 0.6 is 11.3 Å². The molecule has 2 N–H and O–H groups in total. The lowest BCUT2D eigenvalue weighted by molar-refractivity contribution is 0.251. The van der Waals surface area contributed by atoms with E-state index in [1.54, 1.807) is 17.9 Å². The number of piperidine rings is 1. The van der Waals surface area contributed by atoms with Crippen LogP contribution in [0.2, 0.25) is 0 Å². The van der Waals surface area contributed by atoms with Crippen molar-refractivity contribution in [1.82, 2.24) is 19.4 Å². The number of hydrogen-bond acceptors (Lipinski definition) is 6. The molecular weight excluding hydrogens is 424 g/mol. The van der Waals surface area contributed by atoms with Gasteiger partial charge in [-0.3, -0.25) is 10.00 Å². The van der Waals surface area contributed by atoms with E-state index in [9.17, 15) is 13.2 Å². The molecule has 0 saturated carbocycles. The van der Waals surface area contributed by atoms with E-state index in [1.807, 2.05) is 20.9 Å². The number of rotatable bonds is 7. The Morgan fingerprint density at radius 3 is 2.70 bits per heavy atom. The number of nitrogens with one attached hydrogen (secondary N) is 2. The zero-order valence-electron chi connectivity index (χ0n) is 17.9. The smallest absolute Gasteiger partial charge is 0.304 e. The molecule has 3 heterocycles. The molecule has 2 amide bonds. The van der Waals surface area contributed by atoms with Crippen molar-refractivity contribution < 1.29 is 13.2 Å². The lowest BCUT2D eigenvalue weighted by atomic mass is 10.1. The fraction of sp³-hybridized carbons (Fsp3) is 0.579. The number of carbonyl (C=O) groups is 1. The summed E-state index contributed by atoms with van der Waals surface area (Å²) in [6, 6.07) is 1.01. The Balaban J connectivity index is 1.82. The number of urea groups is 1. The van der Waals surface area contributed by atoms with Gasteiger partial charge in [-0.05, 0) is 50.9 Å². The Morgan fingerprint density at radius 1 is 1.33 bits per heavy atom. The van der Waals surface area contributed by atoms with Gasteiger partial charge in [0.25, 0.3) is 0 Å². The maximum atomic E-state index is 13.3. The van der Waals surface area contributed by atoms with Gasteiger partial charge >= 0.3 is 16.2 Å². The van der Waals surface area contributed by atoms with Gasteiger partial charge in [0.05, 0.1) is 22.9 Å². The van der Waals surface area contributed by atoms with Crippen LogP contribution in [0.3, 0.4) is 0 Å². The Kier molecular flexibility index (Phi) is 7.04. The molecule has 0 bridgehead atoms. The minimum Gasteiger partial charge on any atom is -0.304 e. The van der Waals surface area contributed by atoms with Crippen molar-refractivity contribution in [1.29, 1.82) is 0 Å². The molecule has 2 aromatic rings. The van der Waals surface area contributed by atoms with Gasteiger partial charge in [0, 0.05) is 24.7 Å². The summed E-state index contributed by atoms with van der Waals surface area (Å²) >= 11 is 1.47. The van der Waals surface area contributed by atoms with E-state index in [2.05, 4.69) is 26.1 Å². The third kappa shape index (κ3) is 5.13. The van der Waals surface area contributed by atoms with Gasteiger partial charge in [0.2, 0.25) is 0 Å². The van der Waals surface area contributed by atoms with Crippen molar-refractivity contribution in [2.45, 2.75) is 45.6 Å². The van der Waals surface area contributed by atoms with E-state index in [0.717, 1.165) is 36.2 Å². The molecule has 30 heavy (non-hydrogen) atoms. The van der Waals surface area contributed by atoms with Crippen LogP contribution in [0.15, 0.2) is 18.5 Å². The largest absolute Gasteiger partial charge is 0.334 e. The average Bonchev–Trinajstić information content (AvgIpc) is 3.26. The molecule has 1 saturated heterocycles. The minimum atomic E-state index is -4.13. The summed E-state index contributed by atoms with van der Waals surface area (Å²) in [5, 5.41) is 7.53. The second-order valence-corrected chi connectivity index (χ2v) is 10.2. The fourth-order valence-corrected chi connectivity index (χ4v) is 6.13. The molecule has 3 rings (SSSR count). The highest BCUT2D eigenvalue weighted by Crippen LogP contribution is 2.29. The van der Waals surface area contributed by atoms with Crippen LogP contribution in [0.1, 0.15) is 37.1 Å². The van der Waals surface area contributed by atoms with Gasteiger partial charge < -0.3 is 4.90 Å². The highest BCUT2D eigenvalue weighted by atomic mass is 32.2. The average molecular weight is 455 g/mol. The van der Waals surface area contributed by atoms with Crippen molar-refractivity contribution in [3.63, 3.8) is 0 Å². The summed E-state index contributed by atoms with van der Waals surface area (Å²) in [6.45, 7) is 5.56. The monoisotopic (exact) mass is 454 g/mol. The van der Waals surface area contributed by atoms with Gasteiger partial charge in [-0.15, -0.1) is 11.3 Å². The maximum absolute atomic E-state index is 13.3. The summed E-state index contributed by atoms with van der Waals surface area (Å²) in [5.74, 6) is 0. The van der Waals surface area contributed by atoms with Gasteiger partial charge in [0.1, 0.15) is 0 Å². The molecular formula is C19H30N6O3S2. The summed E-state index contributed by atoms with van der Waals surface area (Å²) in [4.78, 5) is 15.9. The molecule has 1 aliphatic rings. The molecule has 1 atom stereocenters. The molecule has 2 aromatic heterocycles. The van der Waals surface area contributed by atoms with Crippen LogP contribution in [0, 0.1) is 0 Å². The zero-order valence-corrected chi connectivity index (χ0v) is 19.5. The van der Waals surface area contributed by atoms with E-state index in [0.29, 0.717) is 23.7 Å². The third-order valence-electron chi connectivity index (χ3n) is 5.17. The number of aromatic nitrogens is 2. The van der Waals surface area contributed by atoms with Crippen molar-refractivity contribution >= 4 is 38.3 Å². The summed E-state index contributed by atoms with van der Waals surface area (Å²) in [6.07, 6.45) is 6.38. The van der Waals surface area contributed by atoms with Crippen LogP contribution in [-0.2, 0) is 30.1 Å². The highest BCUT2D eigenvalue weighted by molar-refractivity contribution is 7.91. The van der Waals surface area contributed by atoms with E-state index in [1.165, 1.54) is 21.8 Å². The summed E-state index contributed by atoms with van der Waals surface area (Å²) in [5.41, 5.74) is 1.44. The standard InChI is InChI=1S/C19H30N6O3S2/c1-5-14-10-17(6-2)29-18(14)21-19(26)22-30(27,28)25(16-11-20-24(4)13-16)15-8-7-9-23(3)12-15/h10-11,13,15H,5-9,12H2,1-4H3,(H2,21,22,26). The van der Waals surface area contributed by atoms with Gasteiger partial charge in [0.15, 0.2) is 0 Å². The van der Waals surface area contributed by atoms with Crippen molar-refractivity contribution in [3.8, 4) is 0 Å². The SMILES string of the molecule is CCc1cc(CC)c(NC(=O)NS(=O)(=O)N(c2cnn(C)c2)C2CCCN(C)C2)s1. The molecule has 0 radical (unpaired) electrons. The lowest BCUT2D eigenvalue weighted by Crippen LogP contribution is -2.54. The Morgan fingerprint density at radius 2 is 2.10 bits per heavy atom. The van der Waals surface area contributed by atoms with Crippen LogP contribution in [0.4, 0.5) is 15.5 Å². The van der Waals surface area contributed by atoms with Gasteiger partial charge in [-0.1, -0.05) is 13.8 Å². The maximum Gasteiger partial charge on any atom is 0.334 e. The third-order valence-corrected chi connectivity index (χ3v) is 7.88. The first-order valence-electron chi connectivity index (χ1n) is 10.2. The van der Waals surface area contributed by atoms with Crippen LogP contribution < -0.4 is 14.3 Å². The minimum absolute atomic E-state index is 0.280. The first-order valence-corrected chi connectivity index (χ1v) is 12.4. The van der Waals surface area contributed by atoms with Crippen molar-refractivity contribution in [3.05, 3.63) is 28.9 Å². The van der Waals surface area contributed by atoms with Crippen LogP contribution in [0.25, 0.3) is 0 Å². The second kappa shape index (κ2) is 9.36. The van der Waals surface area contributed by atoms with Gasteiger partial charge in [-0.25, -0.2) is 13.8 Å². The van der Waals surface area contributed by atoms with E-state index in [4.69, 9.17) is 0 Å². The highest BCUT2D eigenvalue weighted by Gasteiger charge is 2.34. The number of thiophene rings is 1. The van der Waals surface area contributed by atoms with E-state index >= 15 is 0 Å². The first kappa shape index (κ1) is 22.6. The van der Waals surface area contributed by atoms with Crippen molar-refractivity contribution in [2.24, 2.45) is 7.05 Å². The quantitative estimate of drug-likeness (QED) is 0.670. The molecule has 0 spiro atoms. The molecule has 0 aliphatic carbocycles. The normalized spacial score (nSPS) is 17.7. The Hall–Kier alpha value is -2.11. The van der Waals surface area contributed by atoms with Crippen molar-refractivity contribution in [2.75, 3.05) is 29.8 Å². The number of carbonyl (C=O) groups excluding carboxylic acids is 1. The number of likely N-dealkylation sites (N-methyl/N-ethyl adjacent to an activating group) is 1.